The molecule has 0 fully saturated rings. The molecule has 0 unspecified atom stereocenters. The Balaban J connectivity index is 2.26. The van der Waals surface area contributed by atoms with Gasteiger partial charge in [-0.1, -0.05) is 0 Å². The highest BCUT2D eigenvalue weighted by Crippen LogP contribution is 2.13. The topological polar surface area (TPSA) is 56.7 Å². The predicted molar refractivity (Wildman–Crippen MR) is 59.4 cm³/mol. The van der Waals surface area contributed by atoms with Crippen LogP contribution in [0.1, 0.15) is 18.3 Å². The fourth-order valence-corrected chi connectivity index (χ4v) is 1.56. The quantitative estimate of drug-likeness (QED) is 0.820. The maximum Gasteiger partial charge on any atom is 0.113 e. The lowest BCUT2D eigenvalue weighted by molar-refractivity contribution is 0.712. The number of rotatable bonds is 3. The van der Waals surface area contributed by atoms with Gasteiger partial charge in [0.25, 0.3) is 0 Å². The Bertz CT molecular complexity index is 447. The zero-order valence-corrected chi connectivity index (χ0v) is 8.72. The Morgan fingerprint density at radius 3 is 3.00 bits per heavy atom. The summed E-state index contributed by atoms with van der Waals surface area (Å²) in [6.45, 7) is 3.03. The standard InChI is InChI=1S/C11H14N4/c1-2-15-6-5-14-11(15)7-9-3-4-13-8-10(9)12/h3-6,8H,2,7,12H2,1H3. The maximum absolute atomic E-state index is 5.83. The van der Waals surface area contributed by atoms with E-state index >= 15 is 0 Å². The van der Waals surface area contributed by atoms with E-state index in [1.54, 1.807) is 12.4 Å². The maximum atomic E-state index is 5.83. The van der Waals surface area contributed by atoms with Gasteiger partial charge in [-0.15, -0.1) is 0 Å². The molecule has 0 aromatic carbocycles. The van der Waals surface area contributed by atoms with Crippen LogP contribution >= 0.6 is 0 Å². The number of aryl methyl sites for hydroxylation is 1. The molecule has 0 saturated carbocycles. The number of hydrogen-bond acceptors (Lipinski definition) is 3. The summed E-state index contributed by atoms with van der Waals surface area (Å²) < 4.78 is 2.11. The van der Waals surface area contributed by atoms with Gasteiger partial charge < -0.3 is 10.3 Å². The minimum absolute atomic E-state index is 0.725. The van der Waals surface area contributed by atoms with Crippen LogP contribution in [0.2, 0.25) is 0 Å². The second-order valence-corrected chi connectivity index (χ2v) is 3.38. The van der Waals surface area contributed by atoms with E-state index in [1.807, 2.05) is 18.5 Å². The molecule has 78 valence electrons. The summed E-state index contributed by atoms with van der Waals surface area (Å²) in [5, 5.41) is 0. The van der Waals surface area contributed by atoms with Crippen molar-refractivity contribution in [3.05, 3.63) is 42.2 Å². The number of hydrogen-bond donors (Lipinski definition) is 1. The summed E-state index contributed by atoms with van der Waals surface area (Å²) in [5.74, 6) is 1.04. The predicted octanol–water partition coefficient (Wildman–Crippen LogP) is 1.47. The van der Waals surface area contributed by atoms with Crippen LogP contribution < -0.4 is 5.73 Å². The van der Waals surface area contributed by atoms with E-state index in [2.05, 4.69) is 21.5 Å². The second kappa shape index (κ2) is 4.13. The fraction of sp³-hybridized carbons (Fsp3) is 0.273. The second-order valence-electron chi connectivity index (χ2n) is 3.38. The molecule has 2 heterocycles. The van der Waals surface area contributed by atoms with Crippen molar-refractivity contribution >= 4 is 5.69 Å². The Kier molecular flexibility index (Phi) is 2.67. The average Bonchev–Trinajstić information content (AvgIpc) is 2.69. The summed E-state index contributed by atoms with van der Waals surface area (Å²) in [6.07, 6.45) is 7.98. The third kappa shape index (κ3) is 1.98. The number of nitrogen functional groups attached to an aromatic ring is 1. The molecule has 2 N–H and O–H groups in total. The van der Waals surface area contributed by atoms with Crippen LogP contribution in [-0.2, 0) is 13.0 Å². The molecule has 15 heavy (non-hydrogen) atoms. The molecule has 0 amide bonds. The van der Waals surface area contributed by atoms with Crippen LogP contribution in [0.5, 0.6) is 0 Å². The average molecular weight is 202 g/mol. The van der Waals surface area contributed by atoms with Crippen LogP contribution in [-0.4, -0.2) is 14.5 Å². The summed E-state index contributed by atoms with van der Waals surface area (Å²) in [7, 11) is 0. The first-order valence-corrected chi connectivity index (χ1v) is 4.99. The van der Waals surface area contributed by atoms with Crippen molar-refractivity contribution in [2.24, 2.45) is 0 Å². The molecular formula is C11H14N4. The molecule has 0 bridgehead atoms. The van der Waals surface area contributed by atoms with Crippen molar-refractivity contribution in [2.75, 3.05) is 5.73 Å². The molecule has 2 aromatic rings. The van der Waals surface area contributed by atoms with Crippen molar-refractivity contribution in [1.29, 1.82) is 0 Å². The SMILES string of the molecule is CCn1ccnc1Cc1ccncc1N. The third-order valence-electron chi connectivity index (χ3n) is 2.44. The van der Waals surface area contributed by atoms with Gasteiger partial charge in [0.15, 0.2) is 0 Å². The highest BCUT2D eigenvalue weighted by atomic mass is 15.0. The van der Waals surface area contributed by atoms with Crippen LogP contribution in [0.4, 0.5) is 5.69 Å². The van der Waals surface area contributed by atoms with E-state index in [9.17, 15) is 0 Å². The number of imidazole rings is 1. The first-order chi connectivity index (χ1) is 7.31. The molecular weight excluding hydrogens is 188 g/mol. The van der Waals surface area contributed by atoms with Crippen molar-refractivity contribution in [3.63, 3.8) is 0 Å². The molecule has 0 aliphatic carbocycles. The number of pyridine rings is 1. The van der Waals surface area contributed by atoms with Crippen LogP contribution in [0.15, 0.2) is 30.9 Å². The minimum Gasteiger partial charge on any atom is -0.397 e. The first kappa shape index (κ1) is 9.71. The zero-order chi connectivity index (χ0) is 10.7. The molecule has 0 aliphatic heterocycles. The molecule has 2 rings (SSSR count). The first-order valence-electron chi connectivity index (χ1n) is 4.99. The summed E-state index contributed by atoms with van der Waals surface area (Å²) >= 11 is 0. The summed E-state index contributed by atoms with van der Waals surface area (Å²) in [4.78, 5) is 8.27. The van der Waals surface area contributed by atoms with Crippen molar-refractivity contribution < 1.29 is 0 Å². The van der Waals surface area contributed by atoms with E-state index in [-0.39, 0.29) is 0 Å². The fourth-order valence-electron chi connectivity index (χ4n) is 1.56. The van der Waals surface area contributed by atoms with Gasteiger partial charge in [-0.25, -0.2) is 4.98 Å². The lowest BCUT2D eigenvalue weighted by Crippen LogP contribution is -2.04. The van der Waals surface area contributed by atoms with Gasteiger partial charge >= 0.3 is 0 Å². The third-order valence-corrected chi connectivity index (χ3v) is 2.44. The smallest absolute Gasteiger partial charge is 0.113 e. The lowest BCUT2D eigenvalue weighted by Gasteiger charge is -2.06. The van der Waals surface area contributed by atoms with Gasteiger partial charge in [0.2, 0.25) is 0 Å². The van der Waals surface area contributed by atoms with Crippen LogP contribution in [0, 0.1) is 0 Å². The van der Waals surface area contributed by atoms with Crippen molar-refractivity contribution in [1.82, 2.24) is 14.5 Å². The normalized spacial score (nSPS) is 10.5. The summed E-state index contributed by atoms with van der Waals surface area (Å²) in [6, 6.07) is 1.93. The Hall–Kier alpha value is -1.84. The van der Waals surface area contributed by atoms with E-state index in [0.717, 1.165) is 30.0 Å². The zero-order valence-electron chi connectivity index (χ0n) is 8.72. The largest absolute Gasteiger partial charge is 0.397 e. The Morgan fingerprint density at radius 1 is 1.40 bits per heavy atom. The van der Waals surface area contributed by atoms with E-state index in [4.69, 9.17) is 5.73 Å². The van der Waals surface area contributed by atoms with Gasteiger partial charge in [0.05, 0.1) is 11.9 Å². The van der Waals surface area contributed by atoms with Crippen molar-refractivity contribution in [3.8, 4) is 0 Å². The van der Waals surface area contributed by atoms with Crippen LogP contribution in [0.3, 0.4) is 0 Å². The van der Waals surface area contributed by atoms with Gasteiger partial charge in [-0.05, 0) is 18.6 Å². The monoisotopic (exact) mass is 202 g/mol. The van der Waals surface area contributed by atoms with E-state index in [1.165, 1.54) is 0 Å². The van der Waals surface area contributed by atoms with E-state index < -0.39 is 0 Å². The molecule has 0 atom stereocenters. The minimum atomic E-state index is 0.725. The molecule has 0 radical (unpaired) electrons. The Morgan fingerprint density at radius 2 is 2.27 bits per heavy atom. The number of anilines is 1. The van der Waals surface area contributed by atoms with Gasteiger partial charge in [-0.2, -0.15) is 0 Å². The summed E-state index contributed by atoms with van der Waals surface area (Å²) in [5.41, 5.74) is 7.63. The Labute approximate surface area is 88.8 Å². The highest BCUT2D eigenvalue weighted by molar-refractivity contribution is 5.45. The number of nitrogens with zero attached hydrogens (tertiary/aromatic N) is 3. The van der Waals surface area contributed by atoms with Gasteiger partial charge in [0, 0.05) is 31.6 Å². The molecule has 2 aromatic heterocycles. The number of nitrogens with two attached hydrogens (primary N) is 1. The molecule has 0 aliphatic rings. The van der Waals surface area contributed by atoms with Gasteiger partial charge in [0.1, 0.15) is 5.82 Å². The van der Waals surface area contributed by atoms with E-state index in [0.29, 0.717) is 0 Å². The highest BCUT2D eigenvalue weighted by Gasteiger charge is 2.05. The molecule has 4 heteroatoms. The number of aromatic nitrogens is 3. The van der Waals surface area contributed by atoms with Gasteiger partial charge in [-0.3, -0.25) is 4.98 Å². The molecule has 0 spiro atoms. The van der Waals surface area contributed by atoms with Crippen molar-refractivity contribution in [2.45, 2.75) is 19.9 Å². The molecule has 4 nitrogen and oxygen atoms in total. The molecule has 0 saturated heterocycles. The lowest BCUT2D eigenvalue weighted by atomic mass is 10.1. The van der Waals surface area contributed by atoms with Crippen LogP contribution in [0.25, 0.3) is 0 Å².